The molecule has 1 aliphatic heterocycles. The smallest absolute Gasteiger partial charge is 0.00115 e. The number of benzene rings is 1. The van der Waals surface area contributed by atoms with Crippen LogP contribution in [0.25, 0.3) is 6.08 Å². The van der Waals surface area contributed by atoms with E-state index in [0.29, 0.717) is 0 Å². The van der Waals surface area contributed by atoms with Gasteiger partial charge in [0.05, 0.1) is 0 Å². The lowest BCUT2D eigenvalue weighted by atomic mass is 10.0. The monoisotopic (exact) mass is 187 g/mol. The Morgan fingerprint density at radius 2 is 1.86 bits per heavy atom. The van der Waals surface area contributed by atoms with Crippen molar-refractivity contribution in [3.63, 3.8) is 0 Å². The molecule has 1 N–H and O–H groups in total. The van der Waals surface area contributed by atoms with E-state index < -0.39 is 0 Å². The minimum Gasteiger partial charge on any atom is -0.316 e. The Bertz CT molecular complexity index is 290. The highest BCUT2D eigenvalue weighted by Crippen LogP contribution is 2.16. The molecule has 1 nitrogen and oxygen atoms in total. The maximum absolute atomic E-state index is 3.42. The fourth-order valence-corrected chi connectivity index (χ4v) is 1.87. The molecule has 0 radical (unpaired) electrons. The minimum absolute atomic E-state index is 1.14. The van der Waals surface area contributed by atoms with Crippen LogP contribution in [-0.4, -0.2) is 13.1 Å². The standard InChI is InChI=1S/C13H17N/c1-2-5-12(6-3-1)11-13-7-4-9-14-10-8-13/h1-3,5-6,11,14H,4,7-10H2/b13-11+. The van der Waals surface area contributed by atoms with E-state index in [1.165, 1.54) is 31.4 Å². The molecule has 2 rings (SSSR count). The van der Waals surface area contributed by atoms with Gasteiger partial charge in [-0.2, -0.15) is 0 Å². The lowest BCUT2D eigenvalue weighted by Crippen LogP contribution is -2.13. The van der Waals surface area contributed by atoms with Crippen LogP contribution >= 0.6 is 0 Å². The van der Waals surface area contributed by atoms with Crippen LogP contribution in [0.5, 0.6) is 0 Å². The zero-order valence-corrected chi connectivity index (χ0v) is 8.50. The highest BCUT2D eigenvalue weighted by Gasteiger charge is 2.02. The molecule has 0 spiro atoms. The Morgan fingerprint density at radius 1 is 1.00 bits per heavy atom. The van der Waals surface area contributed by atoms with Gasteiger partial charge >= 0.3 is 0 Å². The average Bonchev–Trinajstić information content (AvgIpc) is 2.48. The molecule has 1 heterocycles. The average molecular weight is 187 g/mol. The molecule has 0 aromatic heterocycles. The second-order valence-electron chi connectivity index (χ2n) is 3.82. The van der Waals surface area contributed by atoms with E-state index in [2.05, 4.69) is 41.7 Å². The number of hydrogen-bond acceptors (Lipinski definition) is 1. The third-order valence-corrected chi connectivity index (χ3v) is 2.64. The van der Waals surface area contributed by atoms with Gasteiger partial charge in [-0.05, 0) is 37.9 Å². The number of hydrogen-bond donors (Lipinski definition) is 1. The molecule has 14 heavy (non-hydrogen) atoms. The van der Waals surface area contributed by atoms with Crippen LogP contribution in [0.4, 0.5) is 0 Å². The van der Waals surface area contributed by atoms with E-state index in [0.717, 1.165) is 6.54 Å². The van der Waals surface area contributed by atoms with Gasteiger partial charge in [-0.25, -0.2) is 0 Å². The van der Waals surface area contributed by atoms with Crippen LogP contribution in [0.1, 0.15) is 24.8 Å². The highest BCUT2D eigenvalue weighted by atomic mass is 14.8. The Labute approximate surface area is 85.8 Å². The highest BCUT2D eigenvalue weighted by molar-refractivity contribution is 5.52. The lowest BCUT2D eigenvalue weighted by Gasteiger charge is -2.01. The summed E-state index contributed by atoms with van der Waals surface area (Å²) in [6, 6.07) is 10.6. The van der Waals surface area contributed by atoms with Gasteiger partial charge in [-0.3, -0.25) is 0 Å². The summed E-state index contributed by atoms with van der Waals surface area (Å²) in [4.78, 5) is 0. The number of nitrogens with one attached hydrogen (secondary N) is 1. The molecule has 0 amide bonds. The minimum atomic E-state index is 1.14. The Hall–Kier alpha value is -1.08. The van der Waals surface area contributed by atoms with Gasteiger partial charge in [-0.1, -0.05) is 42.0 Å². The van der Waals surface area contributed by atoms with E-state index in [1.54, 1.807) is 5.57 Å². The summed E-state index contributed by atoms with van der Waals surface area (Å²) in [7, 11) is 0. The predicted octanol–water partition coefficient (Wildman–Crippen LogP) is 2.84. The Kier molecular flexibility index (Phi) is 3.36. The topological polar surface area (TPSA) is 12.0 Å². The predicted molar refractivity (Wildman–Crippen MR) is 61.1 cm³/mol. The molecule has 74 valence electrons. The molecule has 0 saturated carbocycles. The van der Waals surface area contributed by atoms with Gasteiger partial charge in [0.2, 0.25) is 0 Å². The fraction of sp³-hybridized carbons (Fsp3) is 0.385. The van der Waals surface area contributed by atoms with Crippen LogP contribution in [0.2, 0.25) is 0 Å². The molecular weight excluding hydrogens is 170 g/mol. The summed E-state index contributed by atoms with van der Waals surface area (Å²) in [5, 5.41) is 3.42. The fourth-order valence-electron chi connectivity index (χ4n) is 1.87. The van der Waals surface area contributed by atoms with Crippen molar-refractivity contribution < 1.29 is 0 Å². The molecule has 1 heteroatoms. The first kappa shape index (κ1) is 9.47. The normalized spacial score (nSPS) is 20.7. The van der Waals surface area contributed by atoms with Crippen molar-refractivity contribution in [3.05, 3.63) is 41.5 Å². The summed E-state index contributed by atoms with van der Waals surface area (Å²) in [5.74, 6) is 0. The van der Waals surface area contributed by atoms with E-state index in [4.69, 9.17) is 0 Å². The first-order valence-electron chi connectivity index (χ1n) is 5.40. The van der Waals surface area contributed by atoms with Gasteiger partial charge in [0, 0.05) is 0 Å². The molecule has 0 atom stereocenters. The lowest BCUT2D eigenvalue weighted by molar-refractivity contribution is 0.703. The van der Waals surface area contributed by atoms with Crippen LogP contribution < -0.4 is 5.32 Å². The zero-order chi connectivity index (χ0) is 9.64. The van der Waals surface area contributed by atoms with Crippen LogP contribution in [-0.2, 0) is 0 Å². The molecule has 1 fully saturated rings. The van der Waals surface area contributed by atoms with E-state index in [-0.39, 0.29) is 0 Å². The summed E-state index contributed by atoms with van der Waals surface area (Å²) in [6.45, 7) is 2.31. The summed E-state index contributed by atoms with van der Waals surface area (Å²) < 4.78 is 0. The molecule has 0 aliphatic carbocycles. The van der Waals surface area contributed by atoms with Crippen molar-refractivity contribution in [1.29, 1.82) is 0 Å². The van der Waals surface area contributed by atoms with Gasteiger partial charge in [0.1, 0.15) is 0 Å². The van der Waals surface area contributed by atoms with Crippen molar-refractivity contribution in [2.75, 3.05) is 13.1 Å². The second-order valence-corrected chi connectivity index (χ2v) is 3.82. The molecule has 1 aliphatic rings. The molecule has 1 saturated heterocycles. The maximum Gasteiger partial charge on any atom is -0.00115 e. The first-order chi connectivity index (χ1) is 6.95. The molecule has 1 aromatic carbocycles. The van der Waals surface area contributed by atoms with Crippen LogP contribution in [0, 0.1) is 0 Å². The molecule has 1 aromatic rings. The van der Waals surface area contributed by atoms with Crippen LogP contribution in [0.15, 0.2) is 35.9 Å². The van der Waals surface area contributed by atoms with E-state index in [1.807, 2.05) is 0 Å². The number of rotatable bonds is 1. The summed E-state index contributed by atoms with van der Waals surface area (Å²) >= 11 is 0. The molecular formula is C13H17N. The summed E-state index contributed by atoms with van der Waals surface area (Å²) in [6.07, 6.45) is 6.07. The van der Waals surface area contributed by atoms with Gasteiger partial charge < -0.3 is 5.32 Å². The van der Waals surface area contributed by atoms with Crippen molar-refractivity contribution in [1.82, 2.24) is 5.32 Å². The van der Waals surface area contributed by atoms with E-state index in [9.17, 15) is 0 Å². The zero-order valence-electron chi connectivity index (χ0n) is 8.50. The maximum atomic E-state index is 3.42. The molecule has 0 unspecified atom stereocenters. The van der Waals surface area contributed by atoms with Gasteiger partial charge in [0.25, 0.3) is 0 Å². The third kappa shape index (κ3) is 2.71. The summed E-state index contributed by atoms with van der Waals surface area (Å²) in [5.41, 5.74) is 2.92. The van der Waals surface area contributed by atoms with Crippen LogP contribution in [0.3, 0.4) is 0 Å². The molecule has 0 bridgehead atoms. The quantitative estimate of drug-likeness (QED) is 0.713. The van der Waals surface area contributed by atoms with Crippen molar-refractivity contribution in [2.24, 2.45) is 0 Å². The second kappa shape index (κ2) is 4.97. The largest absolute Gasteiger partial charge is 0.316 e. The van der Waals surface area contributed by atoms with E-state index >= 15 is 0 Å². The first-order valence-corrected chi connectivity index (χ1v) is 5.40. The Morgan fingerprint density at radius 3 is 2.71 bits per heavy atom. The van der Waals surface area contributed by atoms with Crippen molar-refractivity contribution in [2.45, 2.75) is 19.3 Å². The van der Waals surface area contributed by atoms with Gasteiger partial charge in [0.15, 0.2) is 0 Å². The van der Waals surface area contributed by atoms with Crippen molar-refractivity contribution >= 4 is 6.08 Å². The Balaban J connectivity index is 2.09. The van der Waals surface area contributed by atoms with Gasteiger partial charge in [-0.15, -0.1) is 0 Å². The SMILES string of the molecule is C(=C1/CCCNCC1)/c1ccccc1. The third-order valence-electron chi connectivity index (χ3n) is 2.64. The van der Waals surface area contributed by atoms with Crippen molar-refractivity contribution in [3.8, 4) is 0 Å².